The number of aromatic amines is 1. The van der Waals surface area contributed by atoms with Crippen LogP contribution < -0.4 is 5.49 Å². The molecular formula is C10H13N5O3. The number of aliphatic hydroxyl groups excluding tert-OH is 2. The monoisotopic (exact) mass is 251 g/mol. The molecule has 0 amide bonds. The number of ether oxygens (including phenoxy) is 1. The second-order valence-corrected chi connectivity index (χ2v) is 4.22. The van der Waals surface area contributed by atoms with Gasteiger partial charge in [0.1, 0.15) is 24.2 Å². The standard InChI is InChI=1S/C10H13N5O3/c11-9-8-10(13-3-12-8)15(4-14-9)7-1-5(17)6(2-16)18-7/h3-7,11,16-17H,1-2H2,(H,12,13). The van der Waals surface area contributed by atoms with E-state index in [-0.39, 0.29) is 12.1 Å². The van der Waals surface area contributed by atoms with Gasteiger partial charge in [0.05, 0.1) is 19.0 Å². The van der Waals surface area contributed by atoms with Crippen LogP contribution in [0.3, 0.4) is 0 Å². The van der Waals surface area contributed by atoms with Crippen LogP contribution in [0.5, 0.6) is 0 Å². The first-order valence-electron chi connectivity index (χ1n) is 5.60. The number of rotatable bonds is 2. The number of aliphatic hydroxyl groups is 2. The van der Waals surface area contributed by atoms with Gasteiger partial charge in [0.25, 0.3) is 0 Å². The van der Waals surface area contributed by atoms with Crippen LogP contribution in [0.1, 0.15) is 12.6 Å². The Balaban J connectivity index is 2.03. The molecule has 18 heavy (non-hydrogen) atoms. The Morgan fingerprint density at radius 3 is 3.11 bits per heavy atom. The van der Waals surface area contributed by atoms with Gasteiger partial charge in [-0.05, 0) is 0 Å². The summed E-state index contributed by atoms with van der Waals surface area (Å²) in [4.78, 5) is 10.9. The Morgan fingerprint density at radius 1 is 1.56 bits per heavy atom. The third-order valence-corrected chi connectivity index (χ3v) is 3.11. The number of hydrogen-bond acceptors (Lipinski definition) is 6. The zero-order valence-corrected chi connectivity index (χ0v) is 9.45. The quantitative estimate of drug-likeness (QED) is 0.539. The highest BCUT2D eigenvalue weighted by Gasteiger charge is 2.35. The summed E-state index contributed by atoms with van der Waals surface area (Å²) >= 11 is 0. The Labute approximate surface area is 101 Å². The lowest BCUT2D eigenvalue weighted by atomic mass is 10.2. The summed E-state index contributed by atoms with van der Waals surface area (Å²) in [5, 5.41) is 26.4. The van der Waals surface area contributed by atoms with E-state index >= 15 is 0 Å². The second kappa shape index (κ2) is 4.16. The fraction of sp³-hybridized carbons (Fsp3) is 0.500. The molecule has 0 aromatic carbocycles. The smallest absolute Gasteiger partial charge is 0.173 e. The molecule has 3 atom stereocenters. The van der Waals surface area contributed by atoms with Crippen LogP contribution in [-0.2, 0) is 4.74 Å². The number of nitrogens with one attached hydrogen (secondary N) is 2. The first kappa shape index (κ1) is 11.3. The molecule has 8 heteroatoms. The molecule has 1 saturated heterocycles. The summed E-state index contributed by atoms with van der Waals surface area (Å²) in [5.41, 5.74) is 1.17. The number of H-pyrrole nitrogens is 1. The predicted octanol–water partition coefficient (Wildman–Crippen LogP) is -1.12. The molecule has 1 fully saturated rings. The summed E-state index contributed by atoms with van der Waals surface area (Å²) in [6.07, 6.45) is 1.57. The van der Waals surface area contributed by atoms with Crippen LogP contribution in [0.4, 0.5) is 0 Å². The maximum absolute atomic E-state index is 9.71. The van der Waals surface area contributed by atoms with Crippen molar-refractivity contribution in [3.05, 3.63) is 18.1 Å². The fourth-order valence-electron chi connectivity index (χ4n) is 2.16. The van der Waals surface area contributed by atoms with Crippen LogP contribution in [-0.4, -0.2) is 48.5 Å². The van der Waals surface area contributed by atoms with Gasteiger partial charge in [0.15, 0.2) is 11.1 Å². The molecule has 2 aromatic rings. The molecule has 1 aliphatic rings. The molecule has 3 rings (SSSR count). The fourth-order valence-corrected chi connectivity index (χ4v) is 2.16. The van der Waals surface area contributed by atoms with E-state index in [1.165, 1.54) is 12.7 Å². The molecule has 96 valence electrons. The van der Waals surface area contributed by atoms with Crippen LogP contribution in [0.25, 0.3) is 11.2 Å². The molecular weight excluding hydrogens is 238 g/mol. The van der Waals surface area contributed by atoms with E-state index in [9.17, 15) is 5.11 Å². The summed E-state index contributed by atoms with van der Waals surface area (Å²) in [7, 11) is 0. The van der Waals surface area contributed by atoms with E-state index in [0.29, 0.717) is 17.6 Å². The minimum atomic E-state index is -0.711. The number of nitrogens with zero attached hydrogens (tertiary/aromatic N) is 3. The van der Waals surface area contributed by atoms with Crippen molar-refractivity contribution in [2.75, 3.05) is 6.61 Å². The Bertz CT molecular complexity index is 621. The Morgan fingerprint density at radius 2 is 2.39 bits per heavy atom. The predicted molar refractivity (Wildman–Crippen MR) is 59.4 cm³/mol. The van der Waals surface area contributed by atoms with Crippen molar-refractivity contribution in [2.45, 2.75) is 24.9 Å². The highest BCUT2D eigenvalue weighted by Crippen LogP contribution is 2.29. The minimum Gasteiger partial charge on any atom is -0.394 e. The summed E-state index contributed by atoms with van der Waals surface area (Å²) in [6.45, 7) is -0.230. The average molecular weight is 251 g/mol. The SMILES string of the molecule is N=c1ncn(C2CC(O)C(CO)O2)c2nc[nH]c12. The van der Waals surface area contributed by atoms with Crippen LogP contribution in [0.2, 0.25) is 0 Å². The van der Waals surface area contributed by atoms with Crippen LogP contribution >= 0.6 is 0 Å². The van der Waals surface area contributed by atoms with E-state index < -0.39 is 18.4 Å². The van der Waals surface area contributed by atoms with Crippen molar-refractivity contribution < 1.29 is 14.9 Å². The number of fused-ring (bicyclic) bond motifs is 1. The summed E-state index contributed by atoms with van der Waals surface area (Å²) in [5.74, 6) is 0. The minimum absolute atomic E-state index is 0.107. The van der Waals surface area contributed by atoms with E-state index in [4.69, 9.17) is 15.3 Å². The van der Waals surface area contributed by atoms with Gasteiger partial charge in [-0.25, -0.2) is 9.97 Å². The number of imidazole rings is 1. The lowest BCUT2D eigenvalue weighted by Crippen LogP contribution is -2.24. The van der Waals surface area contributed by atoms with E-state index in [2.05, 4.69) is 15.0 Å². The maximum Gasteiger partial charge on any atom is 0.173 e. The Hall–Kier alpha value is -1.77. The third-order valence-electron chi connectivity index (χ3n) is 3.11. The highest BCUT2D eigenvalue weighted by molar-refractivity contribution is 5.68. The molecule has 8 nitrogen and oxygen atoms in total. The molecule has 0 spiro atoms. The van der Waals surface area contributed by atoms with Crippen LogP contribution in [0.15, 0.2) is 12.7 Å². The van der Waals surface area contributed by atoms with E-state index in [0.717, 1.165) is 0 Å². The molecule has 4 N–H and O–H groups in total. The van der Waals surface area contributed by atoms with Crippen molar-refractivity contribution in [1.29, 1.82) is 5.41 Å². The van der Waals surface area contributed by atoms with Gasteiger partial charge in [0, 0.05) is 6.42 Å². The lowest BCUT2D eigenvalue weighted by molar-refractivity contribution is -0.0435. The largest absolute Gasteiger partial charge is 0.394 e. The lowest BCUT2D eigenvalue weighted by Gasteiger charge is -2.15. The zero-order valence-electron chi connectivity index (χ0n) is 9.45. The van der Waals surface area contributed by atoms with Gasteiger partial charge in [-0.15, -0.1) is 0 Å². The van der Waals surface area contributed by atoms with Gasteiger partial charge >= 0.3 is 0 Å². The Kier molecular flexibility index (Phi) is 2.62. The van der Waals surface area contributed by atoms with Gasteiger partial charge in [-0.2, -0.15) is 0 Å². The normalized spacial score (nSPS) is 28.0. The maximum atomic E-state index is 9.71. The summed E-state index contributed by atoms with van der Waals surface area (Å²) < 4.78 is 7.19. The first-order chi connectivity index (χ1) is 8.70. The summed E-state index contributed by atoms with van der Waals surface area (Å²) in [6, 6.07) is 0. The molecule has 0 radical (unpaired) electrons. The molecule has 2 aromatic heterocycles. The molecule has 0 saturated carbocycles. The van der Waals surface area contributed by atoms with Crippen LogP contribution in [0, 0.1) is 5.41 Å². The van der Waals surface area contributed by atoms with Crippen molar-refractivity contribution >= 4 is 11.2 Å². The van der Waals surface area contributed by atoms with E-state index in [1.807, 2.05) is 0 Å². The topological polar surface area (TPSA) is 120 Å². The molecule has 0 aliphatic carbocycles. The van der Waals surface area contributed by atoms with Crippen molar-refractivity contribution in [1.82, 2.24) is 19.5 Å². The third kappa shape index (κ3) is 1.62. The first-order valence-corrected chi connectivity index (χ1v) is 5.60. The van der Waals surface area contributed by atoms with Gasteiger partial charge in [0.2, 0.25) is 0 Å². The van der Waals surface area contributed by atoms with Gasteiger partial charge in [-0.3, -0.25) is 9.98 Å². The molecule has 3 heterocycles. The average Bonchev–Trinajstić information content (AvgIpc) is 2.96. The van der Waals surface area contributed by atoms with Gasteiger partial charge in [-0.1, -0.05) is 0 Å². The van der Waals surface area contributed by atoms with Crippen molar-refractivity contribution in [3.8, 4) is 0 Å². The van der Waals surface area contributed by atoms with E-state index in [1.54, 1.807) is 4.57 Å². The van der Waals surface area contributed by atoms with Crippen molar-refractivity contribution in [2.24, 2.45) is 0 Å². The second-order valence-electron chi connectivity index (χ2n) is 4.22. The molecule has 0 bridgehead atoms. The number of aromatic nitrogens is 4. The number of hydrogen-bond donors (Lipinski definition) is 4. The van der Waals surface area contributed by atoms with Gasteiger partial charge < -0.3 is 19.9 Å². The molecule has 3 unspecified atom stereocenters. The molecule has 1 aliphatic heterocycles. The van der Waals surface area contributed by atoms with Crippen molar-refractivity contribution in [3.63, 3.8) is 0 Å². The zero-order chi connectivity index (χ0) is 12.7. The highest BCUT2D eigenvalue weighted by atomic mass is 16.5.